The van der Waals surface area contributed by atoms with Gasteiger partial charge >= 0.3 is 5.97 Å². The van der Waals surface area contributed by atoms with E-state index in [2.05, 4.69) is 5.32 Å². The van der Waals surface area contributed by atoms with Gasteiger partial charge in [-0.1, -0.05) is 20.8 Å². The number of nitrogens with zero attached hydrogens (tertiary/aromatic N) is 1. The monoisotopic (exact) mass is 242 g/mol. The highest BCUT2D eigenvalue weighted by molar-refractivity contribution is 5.79. The summed E-state index contributed by atoms with van der Waals surface area (Å²) in [5.41, 5.74) is 0. The maximum atomic E-state index is 11.8. The first-order valence-electron chi connectivity index (χ1n) is 6.15. The lowest BCUT2D eigenvalue weighted by Gasteiger charge is -2.16. The zero-order chi connectivity index (χ0) is 13.0. The van der Waals surface area contributed by atoms with Gasteiger partial charge in [-0.15, -0.1) is 0 Å². The normalized spacial score (nSPS) is 24.4. The van der Waals surface area contributed by atoms with E-state index in [4.69, 9.17) is 5.11 Å². The highest BCUT2D eigenvalue weighted by Gasteiger charge is 2.36. The first-order chi connectivity index (χ1) is 7.91. The lowest BCUT2D eigenvalue weighted by atomic mass is 9.99. The quantitative estimate of drug-likeness (QED) is 0.739. The topological polar surface area (TPSA) is 69.6 Å². The molecule has 5 nitrogen and oxygen atoms in total. The molecule has 1 heterocycles. The van der Waals surface area contributed by atoms with Crippen molar-refractivity contribution in [3.8, 4) is 0 Å². The Bertz CT molecular complexity index is 291. The van der Waals surface area contributed by atoms with Crippen LogP contribution in [0.15, 0.2) is 0 Å². The van der Waals surface area contributed by atoms with Crippen LogP contribution < -0.4 is 5.32 Å². The second kappa shape index (κ2) is 6.00. The largest absolute Gasteiger partial charge is 0.481 e. The molecule has 1 rings (SSSR count). The van der Waals surface area contributed by atoms with Crippen LogP contribution in [-0.4, -0.2) is 47.6 Å². The van der Waals surface area contributed by atoms with Gasteiger partial charge in [-0.2, -0.15) is 0 Å². The van der Waals surface area contributed by atoms with Crippen molar-refractivity contribution in [1.82, 2.24) is 10.2 Å². The van der Waals surface area contributed by atoms with Crippen molar-refractivity contribution in [2.45, 2.75) is 33.2 Å². The first-order valence-corrected chi connectivity index (χ1v) is 6.15. The van der Waals surface area contributed by atoms with E-state index in [-0.39, 0.29) is 11.8 Å². The maximum Gasteiger partial charge on any atom is 0.308 e. The van der Waals surface area contributed by atoms with E-state index in [9.17, 15) is 9.59 Å². The van der Waals surface area contributed by atoms with Crippen molar-refractivity contribution in [1.29, 1.82) is 0 Å². The van der Waals surface area contributed by atoms with Crippen LogP contribution in [0.4, 0.5) is 0 Å². The zero-order valence-electron chi connectivity index (χ0n) is 10.8. The predicted molar refractivity (Wildman–Crippen MR) is 64.6 cm³/mol. The number of aliphatic carboxylic acids is 1. The van der Waals surface area contributed by atoms with Gasteiger partial charge in [-0.25, -0.2) is 0 Å². The van der Waals surface area contributed by atoms with Crippen LogP contribution in [0.1, 0.15) is 27.2 Å². The van der Waals surface area contributed by atoms with Crippen LogP contribution in [0.2, 0.25) is 0 Å². The number of carbonyl (C=O) groups is 2. The van der Waals surface area contributed by atoms with Gasteiger partial charge in [0.25, 0.3) is 0 Å². The van der Waals surface area contributed by atoms with E-state index in [1.165, 1.54) is 0 Å². The minimum Gasteiger partial charge on any atom is -0.481 e. The molecule has 17 heavy (non-hydrogen) atoms. The number of carbonyl (C=O) groups excluding carboxylic acids is 1. The second-order valence-electron chi connectivity index (χ2n) is 5.08. The van der Waals surface area contributed by atoms with E-state index in [1.807, 2.05) is 20.8 Å². The predicted octanol–water partition coefficient (Wildman–Crippen LogP) is 0.554. The van der Waals surface area contributed by atoms with E-state index >= 15 is 0 Å². The third kappa shape index (κ3) is 4.00. The molecule has 1 fully saturated rings. The van der Waals surface area contributed by atoms with Crippen molar-refractivity contribution in [3.05, 3.63) is 0 Å². The van der Waals surface area contributed by atoms with Gasteiger partial charge in [0.15, 0.2) is 0 Å². The molecule has 98 valence electrons. The maximum absolute atomic E-state index is 11.8. The van der Waals surface area contributed by atoms with E-state index < -0.39 is 11.9 Å². The van der Waals surface area contributed by atoms with E-state index in [0.29, 0.717) is 32.1 Å². The Labute approximate surface area is 102 Å². The summed E-state index contributed by atoms with van der Waals surface area (Å²) in [5.74, 6) is -1.10. The first kappa shape index (κ1) is 14.0. The fraction of sp³-hybridized carbons (Fsp3) is 0.833. The third-order valence-corrected chi connectivity index (χ3v) is 3.17. The summed E-state index contributed by atoms with van der Waals surface area (Å²) in [4.78, 5) is 24.4. The molecule has 0 spiro atoms. The number of rotatable bonds is 5. The molecular formula is C12H22N2O3. The molecule has 0 saturated carbocycles. The Kier molecular flexibility index (Phi) is 4.93. The molecule has 1 amide bonds. The van der Waals surface area contributed by atoms with Gasteiger partial charge in [-0.05, 0) is 5.92 Å². The molecule has 2 N–H and O–H groups in total. The molecule has 0 aromatic rings. The highest BCUT2D eigenvalue weighted by atomic mass is 16.4. The molecule has 0 aliphatic carbocycles. The van der Waals surface area contributed by atoms with Crippen molar-refractivity contribution >= 4 is 11.9 Å². The van der Waals surface area contributed by atoms with Crippen LogP contribution in [-0.2, 0) is 9.59 Å². The Balaban J connectivity index is 2.37. The highest BCUT2D eigenvalue weighted by Crippen LogP contribution is 2.23. The molecule has 0 aromatic carbocycles. The molecule has 1 aliphatic heterocycles. The Hall–Kier alpha value is -1.10. The average molecular weight is 242 g/mol. The molecule has 5 heteroatoms. The summed E-state index contributed by atoms with van der Waals surface area (Å²) >= 11 is 0. The summed E-state index contributed by atoms with van der Waals surface area (Å²) in [6, 6.07) is 0.368. The molecule has 0 aromatic heterocycles. The van der Waals surface area contributed by atoms with Gasteiger partial charge in [0.2, 0.25) is 5.91 Å². The molecule has 1 aliphatic rings. The van der Waals surface area contributed by atoms with Crippen molar-refractivity contribution in [3.63, 3.8) is 0 Å². The average Bonchev–Trinajstić information content (AvgIpc) is 2.59. The van der Waals surface area contributed by atoms with Crippen LogP contribution in [0.3, 0.4) is 0 Å². The second-order valence-corrected chi connectivity index (χ2v) is 5.08. The molecule has 1 saturated heterocycles. The standard InChI is InChI=1S/C12H22N2O3/c1-8(2)13-5-4-11(15)14-6-9(3)10(7-14)12(16)17/h8-10,13H,4-7H2,1-3H3,(H,16,17)/t9-,10-/m1/s1. The van der Waals surface area contributed by atoms with Crippen molar-refractivity contribution < 1.29 is 14.7 Å². The Morgan fingerprint density at radius 3 is 2.53 bits per heavy atom. The number of likely N-dealkylation sites (tertiary alicyclic amines) is 1. The van der Waals surface area contributed by atoms with Gasteiger partial charge in [0.05, 0.1) is 5.92 Å². The summed E-state index contributed by atoms with van der Waals surface area (Å²) in [6.07, 6.45) is 0.442. The van der Waals surface area contributed by atoms with Crippen molar-refractivity contribution in [2.24, 2.45) is 11.8 Å². The summed E-state index contributed by atoms with van der Waals surface area (Å²) in [5, 5.41) is 12.2. The van der Waals surface area contributed by atoms with Gasteiger partial charge in [-0.3, -0.25) is 9.59 Å². The summed E-state index contributed by atoms with van der Waals surface area (Å²) in [6.45, 7) is 7.53. The van der Waals surface area contributed by atoms with Gasteiger partial charge in [0.1, 0.15) is 0 Å². The zero-order valence-corrected chi connectivity index (χ0v) is 10.8. The number of carboxylic acids is 1. The lowest BCUT2D eigenvalue weighted by Crippen LogP contribution is -2.33. The van der Waals surface area contributed by atoms with Gasteiger partial charge in [0, 0.05) is 32.1 Å². The molecule has 0 bridgehead atoms. The number of amides is 1. The number of carboxylic acid groups (broad SMARTS) is 1. The Morgan fingerprint density at radius 2 is 2.06 bits per heavy atom. The molecule has 0 radical (unpaired) electrons. The number of hydrogen-bond acceptors (Lipinski definition) is 3. The minimum atomic E-state index is -0.798. The van der Waals surface area contributed by atoms with Crippen LogP contribution >= 0.6 is 0 Å². The van der Waals surface area contributed by atoms with Crippen molar-refractivity contribution in [2.75, 3.05) is 19.6 Å². The summed E-state index contributed by atoms with van der Waals surface area (Å²) in [7, 11) is 0. The third-order valence-electron chi connectivity index (χ3n) is 3.17. The minimum absolute atomic E-state index is 0.0498. The fourth-order valence-electron chi connectivity index (χ4n) is 2.12. The SMILES string of the molecule is CC(C)NCCC(=O)N1C[C@@H](C)[C@H](C(=O)O)C1. The van der Waals surface area contributed by atoms with Crippen LogP contribution in [0, 0.1) is 11.8 Å². The lowest BCUT2D eigenvalue weighted by molar-refractivity contribution is -0.142. The fourth-order valence-corrected chi connectivity index (χ4v) is 2.12. The molecule has 0 unspecified atom stereocenters. The van der Waals surface area contributed by atoms with Gasteiger partial charge < -0.3 is 15.3 Å². The Morgan fingerprint density at radius 1 is 1.41 bits per heavy atom. The van der Waals surface area contributed by atoms with E-state index in [0.717, 1.165) is 0 Å². The van der Waals surface area contributed by atoms with E-state index in [1.54, 1.807) is 4.90 Å². The smallest absolute Gasteiger partial charge is 0.308 e. The summed E-state index contributed by atoms with van der Waals surface area (Å²) < 4.78 is 0. The van der Waals surface area contributed by atoms with Crippen LogP contribution in [0.25, 0.3) is 0 Å². The molecule has 2 atom stereocenters. The number of nitrogens with one attached hydrogen (secondary N) is 1. The van der Waals surface area contributed by atoms with Crippen LogP contribution in [0.5, 0.6) is 0 Å². The molecular weight excluding hydrogens is 220 g/mol. The number of hydrogen-bond donors (Lipinski definition) is 2.